The summed E-state index contributed by atoms with van der Waals surface area (Å²) in [6.45, 7) is 2.52. The first-order valence-corrected chi connectivity index (χ1v) is 11.8. The number of nitrogens with zero attached hydrogens (tertiary/aromatic N) is 2. The molecule has 0 spiro atoms. The van der Waals surface area contributed by atoms with Crippen LogP contribution in [0.2, 0.25) is 0 Å². The standard InChI is InChI=1S/C26H26BrN3O3/c1-17(25(32)28-2)30(16-18-11-13-20(27)14-12-18)23(31)10-5-15-29-22-9-4-7-19-6-3-8-21(24(19)22)26(29)33/h3-4,6-9,11-14,17H,5,10,15-16H2,1-2H3,(H,28,32). The summed E-state index contributed by atoms with van der Waals surface area (Å²) in [5.74, 6) is -0.353. The molecule has 3 aromatic rings. The van der Waals surface area contributed by atoms with E-state index >= 15 is 0 Å². The van der Waals surface area contributed by atoms with Gasteiger partial charge in [-0.2, -0.15) is 0 Å². The van der Waals surface area contributed by atoms with Crippen LogP contribution in [-0.4, -0.2) is 42.3 Å². The minimum absolute atomic E-state index is 0.0281. The van der Waals surface area contributed by atoms with Crippen LogP contribution in [0.4, 0.5) is 5.69 Å². The van der Waals surface area contributed by atoms with Crippen molar-refractivity contribution in [2.24, 2.45) is 0 Å². The van der Waals surface area contributed by atoms with Gasteiger partial charge in [0.05, 0.1) is 5.69 Å². The maximum atomic E-state index is 13.2. The first-order chi connectivity index (χ1) is 15.9. The first kappa shape index (κ1) is 23.0. The third-order valence-corrected chi connectivity index (χ3v) is 6.63. The lowest BCUT2D eigenvalue weighted by atomic mass is 10.1. The summed E-state index contributed by atoms with van der Waals surface area (Å²) in [6, 6.07) is 18.7. The molecule has 0 fully saturated rings. The predicted molar refractivity (Wildman–Crippen MR) is 133 cm³/mol. The fraction of sp³-hybridized carbons (Fsp3) is 0.269. The number of carbonyl (C=O) groups excluding carboxylic acids is 3. The highest BCUT2D eigenvalue weighted by atomic mass is 79.9. The van der Waals surface area contributed by atoms with Crippen molar-refractivity contribution in [3.63, 3.8) is 0 Å². The van der Waals surface area contributed by atoms with Crippen molar-refractivity contribution in [2.75, 3.05) is 18.5 Å². The van der Waals surface area contributed by atoms with Crippen molar-refractivity contribution < 1.29 is 14.4 Å². The van der Waals surface area contributed by atoms with Crippen molar-refractivity contribution in [1.82, 2.24) is 10.2 Å². The van der Waals surface area contributed by atoms with Gasteiger partial charge in [-0.25, -0.2) is 0 Å². The molecule has 3 aromatic carbocycles. The van der Waals surface area contributed by atoms with Gasteiger partial charge in [-0.1, -0.05) is 52.3 Å². The molecule has 7 heteroatoms. The van der Waals surface area contributed by atoms with Crippen LogP contribution in [0.3, 0.4) is 0 Å². The molecule has 0 saturated carbocycles. The van der Waals surface area contributed by atoms with Crippen LogP contribution in [0.25, 0.3) is 10.8 Å². The van der Waals surface area contributed by atoms with Gasteiger partial charge in [0.1, 0.15) is 6.04 Å². The minimum Gasteiger partial charge on any atom is -0.357 e. The highest BCUT2D eigenvalue weighted by molar-refractivity contribution is 9.10. The lowest BCUT2D eigenvalue weighted by Crippen LogP contribution is -2.46. The Morgan fingerprint density at radius 2 is 1.76 bits per heavy atom. The van der Waals surface area contributed by atoms with Crippen molar-refractivity contribution in [2.45, 2.75) is 32.4 Å². The van der Waals surface area contributed by atoms with Gasteiger partial charge in [-0.05, 0) is 48.6 Å². The number of benzene rings is 3. The summed E-state index contributed by atoms with van der Waals surface area (Å²) in [7, 11) is 1.57. The van der Waals surface area contributed by atoms with Gasteiger partial charge < -0.3 is 15.1 Å². The molecule has 1 aliphatic rings. The maximum Gasteiger partial charge on any atom is 0.258 e. The van der Waals surface area contributed by atoms with Crippen LogP contribution in [0.1, 0.15) is 35.7 Å². The Kier molecular flexibility index (Phi) is 6.79. The molecule has 1 unspecified atom stereocenters. The summed E-state index contributed by atoms with van der Waals surface area (Å²) in [5, 5.41) is 4.64. The summed E-state index contributed by atoms with van der Waals surface area (Å²) < 4.78 is 0.953. The van der Waals surface area contributed by atoms with Crippen molar-refractivity contribution in [3.05, 3.63) is 76.3 Å². The fourth-order valence-corrected chi connectivity index (χ4v) is 4.58. The average Bonchev–Trinajstić information content (AvgIpc) is 3.10. The van der Waals surface area contributed by atoms with E-state index in [4.69, 9.17) is 0 Å². The number of nitrogens with one attached hydrogen (secondary N) is 1. The number of halogens is 1. The second kappa shape index (κ2) is 9.75. The van der Waals surface area contributed by atoms with E-state index < -0.39 is 6.04 Å². The van der Waals surface area contributed by atoms with Crippen LogP contribution >= 0.6 is 15.9 Å². The van der Waals surface area contributed by atoms with E-state index in [1.807, 2.05) is 60.7 Å². The molecule has 0 aliphatic carbocycles. The summed E-state index contributed by atoms with van der Waals surface area (Å²) in [5.41, 5.74) is 2.55. The quantitative estimate of drug-likeness (QED) is 0.487. The minimum atomic E-state index is -0.599. The molecule has 0 radical (unpaired) electrons. The molecule has 1 heterocycles. The van der Waals surface area contributed by atoms with Gasteiger partial charge in [-0.3, -0.25) is 14.4 Å². The highest BCUT2D eigenvalue weighted by Gasteiger charge is 2.30. The molecule has 0 saturated heterocycles. The van der Waals surface area contributed by atoms with E-state index in [1.54, 1.807) is 23.8 Å². The average molecular weight is 508 g/mol. The molecule has 33 heavy (non-hydrogen) atoms. The second-order valence-corrected chi connectivity index (χ2v) is 9.10. The first-order valence-electron chi connectivity index (χ1n) is 11.0. The molecule has 170 valence electrons. The SMILES string of the molecule is CNC(=O)C(C)N(Cc1ccc(Br)cc1)C(=O)CCCN1C(=O)c2cccc3cccc1c23. The topological polar surface area (TPSA) is 69.7 Å². The predicted octanol–water partition coefficient (Wildman–Crippen LogP) is 4.51. The Morgan fingerprint density at radius 1 is 1.06 bits per heavy atom. The van der Waals surface area contributed by atoms with Gasteiger partial charge in [0.2, 0.25) is 11.8 Å². The Bertz CT molecular complexity index is 1200. The lowest BCUT2D eigenvalue weighted by molar-refractivity contribution is -0.140. The number of amides is 3. The second-order valence-electron chi connectivity index (χ2n) is 8.18. The Morgan fingerprint density at radius 3 is 2.45 bits per heavy atom. The van der Waals surface area contributed by atoms with E-state index in [0.29, 0.717) is 25.1 Å². The Labute approximate surface area is 201 Å². The number of hydrogen-bond acceptors (Lipinski definition) is 3. The summed E-state index contributed by atoms with van der Waals surface area (Å²) >= 11 is 3.42. The van der Waals surface area contributed by atoms with Crippen LogP contribution in [0, 0.1) is 0 Å². The third-order valence-electron chi connectivity index (χ3n) is 6.10. The Hall–Kier alpha value is -3.19. The molecular formula is C26H26BrN3O3. The van der Waals surface area contributed by atoms with E-state index in [9.17, 15) is 14.4 Å². The molecule has 0 bridgehead atoms. The molecule has 0 aromatic heterocycles. The molecule has 3 amide bonds. The molecule has 4 rings (SSSR count). The maximum absolute atomic E-state index is 13.2. The zero-order chi connectivity index (χ0) is 23.5. The third kappa shape index (κ3) is 4.64. The van der Waals surface area contributed by atoms with Crippen molar-refractivity contribution in [3.8, 4) is 0 Å². The number of carbonyl (C=O) groups is 3. The molecule has 6 nitrogen and oxygen atoms in total. The van der Waals surface area contributed by atoms with Gasteiger partial charge >= 0.3 is 0 Å². The Balaban J connectivity index is 1.45. The van der Waals surface area contributed by atoms with Crippen molar-refractivity contribution in [1.29, 1.82) is 0 Å². The highest BCUT2D eigenvalue weighted by Crippen LogP contribution is 2.37. The van der Waals surface area contributed by atoms with Gasteiger partial charge in [0.25, 0.3) is 5.91 Å². The van der Waals surface area contributed by atoms with Gasteiger partial charge in [0, 0.05) is 42.0 Å². The van der Waals surface area contributed by atoms with Crippen LogP contribution in [0.5, 0.6) is 0 Å². The lowest BCUT2D eigenvalue weighted by Gasteiger charge is -2.29. The van der Waals surface area contributed by atoms with Gasteiger partial charge in [-0.15, -0.1) is 0 Å². The molecule has 1 N–H and O–H groups in total. The van der Waals surface area contributed by atoms with Crippen molar-refractivity contribution >= 4 is 50.1 Å². The van der Waals surface area contributed by atoms with Crippen LogP contribution < -0.4 is 10.2 Å². The number of rotatable bonds is 8. The van der Waals surface area contributed by atoms with Crippen LogP contribution in [-0.2, 0) is 16.1 Å². The monoisotopic (exact) mass is 507 g/mol. The largest absolute Gasteiger partial charge is 0.357 e. The number of likely N-dealkylation sites (N-methyl/N-ethyl adjacent to an activating group) is 1. The van der Waals surface area contributed by atoms with E-state index in [1.165, 1.54) is 0 Å². The smallest absolute Gasteiger partial charge is 0.258 e. The van der Waals surface area contributed by atoms with Crippen LogP contribution in [0.15, 0.2) is 65.1 Å². The molecular weight excluding hydrogens is 482 g/mol. The normalized spacial score (nSPS) is 13.3. The number of hydrogen-bond donors (Lipinski definition) is 1. The molecule has 1 atom stereocenters. The van der Waals surface area contributed by atoms with E-state index in [2.05, 4.69) is 21.2 Å². The van der Waals surface area contributed by atoms with E-state index in [-0.39, 0.29) is 24.1 Å². The zero-order valence-corrected chi connectivity index (χ0v) is 20.3. The number of anilines is 1. The zero-order valence-electron chi connectivity index (χ0n) is 18.7. The van der Waals surface area contributed by atoms with E-state index in [0.717, 1.165) is 26.5 Å². The fourth-order valence-electron chi connectivity index (χ4n) is 4.31. The summed E-state index contributed by atoms with van der Waals surface area (Å²) in [4.78, 5) is 41.8. The van der Waals surface area contributed by atoms with Gasteiger partial charge in [0.15, 0.2) is 0 Å². The molecule has 1 aliphatic heterocycles. The summed E-state index contributed by atoms with van der Waals surface area (Å²) in [6.07, 6.45) is 0.750.